The maximum Gasteiger partial charge on any atom is 0.146 e. The van der Waals surface area contributed by atoms with Gasteiger partial charge < -0.3 is 21.1 Å². The fourth-order valence-electron chi connectivity index (χ4n) is 4.82. The summed E-state index contributed by atoms with van der Waals surface area (Å²) in [7, 11) is 0. The fraction of sp³-hybridized carbons (Fsp3) is 0.741. The molecule has 0 bridgehead atoms. The summed E-state index contributed by atoms with van der Waals surface area (Å²) in [6.07, 6.45) is 3.35. The molecule has 35 heavy (non-hydrogen) atoms. The molecule has 2 rings (SSSR count). The van der Waals surface area contributed by atoms with Gasteiger partial charge in [0.25, 0.3) is 0 Å². The predicted molar refractivity (Wildman–Crippen MR) is 143 cm³/mol. The second kappa shape index (κ2) is 12.1. The quantitative estimate of drug-likeness (QED) is 0.473. The van der Waals surface area contributed by atoms with Crippen LogP contribution in [-0.4, -0.2) is 55.8 Å². The van der Waals surface area contributed by atoms with Gasteiger partial charge in [0.15, 0.2) is 0 Å². The minimum Gasteiger partial charge on any atom is -0.392 e. The van der Waals surface area contributed by atoms with E-state index in [9.17, 15) is 20.1 Å². The predicted octanol–water partition coefficient (Wildman–Crippen LogP) is 4.28. The summed E-state index contributed by atoms with van der Waals surface area (Å²) < 4.78 is 0. The third-order valence-corrected chi connectivity index (χ3v) is 8.36. The van der Waals surface area contributed by atoms with Gasteiger partial charge in [-0.2, -0.15) is 0 Å². The van der Waals surface area contributed by atoms with E-state index in [1.54, 1.807) is 32.1 Å². The lowest BCUT2D eigenvalue weighted by molar-refractivity contribution is -0.141. The maximum absolute atomic E-state index is 13.3. The molecule has 6 atom stereocenters. The Morgan fingerprint density at radius 3 is 2.46 bits per heavy atom. The van der Waals surface area contributed by atoms with E-state index in [-0.39, 0.29) is 30.0 Å². The molecule has 0 saturated heterocycles. The number of hydrogen-bond acceptors (Lipinski definition) is 8. The van der Waals surface area contributed by atoms with E-state index in [0.29, 0.717) is 25.7 Å². The molecule has 0 spiro atoms. The minimum atomic E-state index is -1.08. The zero-order chi connectivity index (χ0) is 26.6. The molecule has 0 amide bonds. The van der Waals surface area contributed by atoms with Crippen LogP contribution in [0, 0.1) is 24.2 Å². The van der Waals surface area contributed by atoms with Gasteiger partial charge in [-0.25, -0.2) is 4.98 Å². The highest BCUT2D eigenvalue weighted by molar-refractivity contribution is 7.09. The van der Waals surface area contributed by atoms with Crippen molar-refractivity contribution in [2.45, 2.75) is 111 Å². The van der Waals surface area contributed by atoms with Gasteiger partial charge in [0.2, 0.25) is 0 Å². The number of nitrogens with two attached hydrogens (primary N) is 1. The van der Waals surface area contributed by atoms with Crippen LogP contribution in [0.4, 0.5) is 0 Å². The van der Waals surface area contributed by atoms with Gasteiger partial charge in [-0.15, -0.1) is 11.3 Å². The Labute approximate surface area is 214 Å². The van der Waals surface area contributed by atoms with E-state index < -0.39 is 29.1 Å². The third-order valence-electron chi connectivity index (χ3n) is 7.57. The lowest BCUT2D eigenvalue weighted by atomic mass is 9.72. The molecule has 1 aromatic rings. The van der Waals surface area contributed by atoms with E-state index in [1.807, 2.05) is 39.2 Å². The van der Waals surface area contributed by atoms with Crippen molar-refractivity contribution in [1.82, 2.24) is 4.98 Å². The van der Waals surface area contributed by atoms with Crippen LogP contribution in [0.3, 0.4) is 0 Å². The van der Waals surface area contributed by atoms with E-state index in [2.05, 4.69) is 4.98 Å². The van der Waals surface area contributed by atoms with Crippen molar-refractivity contribution in [2.75, 3.05) is 0 Å². The van der Waals surface area contributed by atoms with Crippen LogP contribution in [-0.2, 0) is 4.79 Å². The summed E-state index contributed by atoms with van der Waals surface area (Å²) in [5.41, 5.74) is 6.18. The largest absolute Gasteiger partial charge is 0.392 e. The standard InChI is InChI=1S/C27H45N3O4S/c1-16-9-8-11-27(7,34)12-10-21(17(2)13-20-15-35-19(4)29-20)30-23(28)14-22(31)26(5,6)25(33)18(3)24(16)32/h13,15-16,18,21-22,24,31-32,34H,8-12,14H2,1-7H3,(H2,28,30)/b17-13+/t16?,18?,21-,22-,24-,27+/m0/s1. The monoisotopic (exact) mass is 507 g/mol. The number of nitrogens with zero attached hydrogens (tertiary/aromatic N) is 2. The SMILES string of the molecule is C/C(=C\c1csc(C)n1)[C@@H]1CC[C@](C)(O)CCCC(C)[C@H](O)C(C)C(=O)C(C)(C)[C@@H](O)CC(N)=N1. The van der Waals surface area contributed by atoms with Gasteiger partial charge in [-0.3, -0.25) is 9.79 Å². The van der Waals surface area contributed by atoms with Crippen molar-refractivity contribution in [1.29, 1.82) is 0 Å². The van der Waals surface area contributed by atoms with Crippen LogP contribution in [0.15, 0.2) is 15.9 Å². The summed E-state index contributed by atoms with van der Waals surface area (Å²) >= 11 is 1.58. The Balaban J connectivity index is 2.40. The zero-order valence-corrected chi connectivity index (χ0v) is 23.2. The molecule has 2 heterocycles. The summed E-state index contributed by atoms with van der Waals surface area (Å²) in [5.74, 6) is -0.654. The van der Waals surface area contributed by atoms with Crippen LogP contribution in [0.2, 0.25) is 0 Å². The summed E-state index contributed by atoms with van der Waals surface area (Å²) in [4.78, 5) is 22.5. The molecule has 0 aliphatic carbocycles. The Morgan fingerprint density at radius 2 is 1.86 bits per heavy atom. The smallest absolute Gasteiger partial charge is 0.146 e. The van der Waals surface area contributed by atoms with Crippen molar-refractivity contribution in [3.8, 4) is 0 Å². The second-order valence-corrected chi connectivity index (χ2v) is 12.4. The second-order valence-electron chi connectivity index (χ2n) is 11.3. The Kier molecular flexibility index (Phi) is 10.2. The van der Waals surface area contributed by atoms with Crippen molar-refractivity contribution >= 4 is 29.0 Å². The maximum atomic E-state index is 13.3. The average Bonchev–Trinajstić information content (AvgIpc) is 3.18. The highest BCUT2D eigenvalue weighted by Crippen LogP contribution is 2.33. The molecule has 0 saturated carbocycles. The van der Waals surface area contributed by atoms with Crippen LogP contribution in [0.1, 0.15) is 90.8 Å². The molecule has 1 aromatic heterocycles. The molecule has 1 aliphatic rings. The van der Waals surface area contributed by atoms with Crippen LogP contribution < -0.4 is 5.73 Å². The van der Waals surface area contributed by atoms with Crippen LogP contribution >= 0.6 is 11.3 Å². The first-order valence-electron chi connectivity index (χ1n) is 12.7. The molecule has 0 aromatic carbocycles. The molecule has 0 fully saturated rings. The topological polar surface area (TPSA) is 129 Å². The molecule has 5 N–H and O–H groups in total. The van der Waals surface area contributed by atoms with E-state index in [1.165, 1.54) is 0 Å². The van der Waals surface area contributed by atoms with E-state index >= 15 is 0 Å². The minimum absolute atomic E-state index is 0.0487. The normalized spacial score (nSPS) is 34.5. The number of aliphatic hydroxyl groups is 3. The number of aliphatic hydroxyl groups excluding tert-OH is 2. The molecule has 1 aliphatic heterocycles. The van der Waals surface area contributed by atoms with Gasteiger partial charge in [0.05, 0.1) is 45.8 Å². The van der Waals surface area contributed by atoms with Gasteiger partial charge in [0.1, 0.15) is 5.78 Å². The molecular weight excluding hydrogens is 462 g/mol. The number of hydrogen-bond donors (Lipinski definition) is 4. The van der Waals surface area contributed by atoms with E-state index in [4.69, 9.17) is 10.7 Å². The number of Topliss-reactive ketones (excluding diaryl/α,β-unsaturated/α-hetero) is 1. The summed E-state index contributed by atoms with van der Waals surface area (Å²) in [5, 5.41) is 35.8. The number of ketones is 1. The van der Waals surface area contributed by atoms with E-state index in [0.717, 1.165) is 22.7 Å². The molecular formula is C27H45N3O4S. The number of rotatable bonds is 2. The first-order valence-corrected chi connectivity index (χ1v) is 13.6. The molecule has 8 heteroatoms. The number of aliphatic imine (C=N–C) groups is 1. The van der Waals surface area contributed by atoms with Crippen molar-refractivity contribution in [2.24, 2.45) is 28.0 Å². The fourth-order valence-corrected chi connectivity index (χ4v) is 5.39. The van der Waals surface area contributed by atoms with Crippen LogP contribution in [0.5, 0.6) is 0 Å². The zero-order valence-electron chi connectivity index (χ0n) is 22.4. The number of aromatic nitrogens is 1. The Morgan fingerprint density at radius 1 is 1.20 bits per heavy atom. The van der Waals surface area contributed by atoms with Gasteiger partial charge >= 0.3 is 0 Å². The van der Waals surface area contributed by atoms with Crippen molar-refractivity contribution < 1.29 is 20.1 Å². The molecule has 0 radical (unpaired) electrons. The Bertz CT molecular complexity index is 921. The van der Waals surface area contributed by atoms with Crippen molar-refractivity contribution in [3.63, 3.8) is 0 Å². The number of amidine groups is 1. The lowest BCUT2D eigenvalue weighted by Crippen LogP contribution is -2.46. The first kappa shape index (κ1) is 29.6. The molecule has 2 unspecified atom stereocenters. The Hall–Kier alpha value is -1.61. The number of aryl methyl sites for hydroxylation is 1. The van der Waals surface area contributed by atoms with Gasteiger partial charge in [0, 0.05) is 17.7 Å². The summed E-state index contributed by atoms with van der Waals surface area (Å²) in [6, 6.07) is -0.276. The van der Waals surface area contributed by atoms with Crippen LogP contribution in [0.25, 0.3) is 6.08 Å². The highest BCUT2D eigenvalue weighted by Gasteiger charge is 2.41. The number of thiazole rings is 1. The average molecular weight is 508 g/mol. The highest BCUT2D eigenvalue weighted by atomic mass is 32.1. The molecule has 7 nitrogen and oxygen atoms in total. The first-order chi connectivity index (χ1) is 16.1. The van der Waals surface area contributed by atoms with Gasteiger partial charge in [-0.1, -0.05) is 34.1 Å². The summed E-state index contributed by atoms with van der Waals surface area (Å²) in [6.45, 7) is 12.8. The lowest BCUT2D eigenvalue weighted by Gasteiger charge is -2.35. The number of carbonyl (C=O) groups is 1. The third kappa shape index (κ3) is 8.20. The molecule has 198 valence electrons. The van der Waals surface area contributed by atoms with Crippen molar-refractivity contribution in [3.05, 3.63) is 21.7 Å². The van der Waals surface area contributed by atoms with Gasteiger partial charge in [-0.05, 0) is 64.0 Å². The number of carbonyl (C=O) groups excluding carboxylic acids is 1.